The molecule has 5 aromatic rings. The third kappa shape index (κ3) is 5.99. The molecule has 0 aliphatic heterocycles. The minimum Gasteiger partial charge on any atom is -0.497 e. The highest BCUT2D eigenvalue weighted by molar-refractivity contribution is 7.98. The van der Waals surface area contributed by atoms with Crippen molar-refractivity contribution >= 4 is 39.9 Å². The number of nitrogens with one attached hydrogen (secondary N) is 2. The van der Waals surface area contributed by atoms with Gasteiger partial charge in [-0.15, -0.1) is 10.2 Å². The molecule has 1 aromatic heterocycles. The van der Waals surface area contributed by atoms with Crippen LogP contribution < -0.4 is 15.4 Å². The number of non-ortho nitro benzene ring substituents is 1. The van der Waals surface area contributed by atoms with Crippen LogP contribution in [0.5, 0.6) is 5.75 Å². The normalized spacial score (nSPS) is 10.8. The molecule has 196 valence electrons. The van der Waals surface area contributed by atoms with Gasteiger partial charge >= 0.3 is 6.03 Å². The molecule has 2 amide bonds. The largest absolute Gasteiger partial charge is 0.497 e. The van der Waals surface area contributed by atoms with Gasteiger partial charge in [-0.2, -0.15) is 0 Å². The van der Waals surface area contributed by atoms with Crippen molar-refractivity contribution in [3.05, 3.63) is 112 Å². The molecule has 0 radical (unpaired) electrons. The van der Waals surface area contributed by atoms with Crippen molar-refractivity contribution in [2.24, 2.45) is 0 Å². The SMILES string of the molecule is COc1cccc(CSc2nnc(CNC(=O)Nc3cccc4ccccc34)n2-c2ccc([N+](=O)[O-])cc2)c1. The fraction of sp³-hybridized carbons (Fsp3) is 0.107. The molecule has 11 heteroatoms. The molecular formula is C28H24N6O4S. The molecule has 0 unspecified atom stereocenters. The molecular weight excluding hydrogens is 516 g/mol. The van der Waals surface area contributed by atoms with E-state index >= 15 is 0 Å². The van der Waals surface area contributed by atoms with Crippen molar-refractivity contribution in [3.63, 3.8) is 0 Å². The van der Waals surface area contributed by atoms with Gasteiger partial charge < -0.3 is 15.4 Å². The van der Waals surface area contributed by atoms with E-state index in [9.17, 15) is 14.9 Å². The van der Waals surface area contributed by atoms with Crippen LogP contribution in [-0.2, 0) is 12.3 Å². The number of carbonyl (C=O) groups excluding carboxylic acids is 1. The Kier molecular flexibility index (Phi) is 7.69. The summed E-state index contributed by atoms with van der Waals surface area (Å²) in [6.07, 6.45) is 0. The van der Waals surface area contributed by atoms with E-state index in [1.807, 2.05) is 66.7 Å². The van der Waals surface area contributed by atoms with Crippen molar-refractivity contribution in [1.29, 1.82) is 0 Å². The van der Waals surface area contributed by atoms with E-state index in [0.29, 0.717) is 28.1 Å². The van der Waals surface area contributed by atoms with Gasteiger partial charge in [0.15, 0.2) is 11.0 Å². The molecule has 0 aliphatic carbocycles. The summed E-state index contributed by atoms with van der Waals surface area (Å²) in [6.45, 7) is 0.0836. The van der Waals surface area contributed by atoms with Gasteiger partial charge in [-0.05, 0) is 41.3 Å². The Labute approximate surface area is 228 Å². The first-order valence-electron chi connectivity index (χ1n) is 12.0. The quantitative estimate of drug-likeness (QED) is 0.134. The lowest BCUT2D eigenvalue weighted by atomic mass is 10.1. The van der Waals surface area contributed by atoms with Gasteiger partial charge in [-0.25, -0.2) is 4.79 Å². The number of nitro groups is 1. The van der Waals surface area contributed by atoms with Crippen LogP contribution >= 0.6 is 11.8 Å². The molecule has 39 heavy (non-hydrogen) atoms. The van der Waals surface area contributed by atoms with Gasteiger partial charge in [0, 0.05) is 29.0 Å². The van der Waals surface area contributed by atoms with E-state index in [1.165, 1.54) is 23.9 Å². The molecule has 2 N–H and O–H groups in total. The van der Waals surface area contributed by atoms with Crippen LogP contribution in [0.3, 0.4) is 0 Å². The highest BCUT2D eigenvalue weighted by Gasteiger charge is 2.17. The van der Waals surface area contributed by atoms with Crippen LogP contribution in [-0.4, -0.2) is 32.8 Å². The number of fused-ring (bicyclic) bond motifs is 1. The Balaban J connectivity index is 1.36. The number of amides is 2. The molecule has 0 saturated heterocycles. The number of aromatic nitrogens is 3. The second kappa shape index (κ2) is 11.7. The van der Waals surface area contributed by atoms with E-state index in [2.05, 4.69) is 20.8 Å². The van der Waals surface area contributed by atoms with Crippen molar-refractivity contribution in [1.82, 2.24) is 20.1 Å². The van der Waals surface area contributed by atoms with Crippen LogP contribution in [0.4, 0.5) is 16.2 Å². The Hall–Kier alpha value is -4.90. The lowest BCUT2D eigenvalue weighted by Crippen LogP contribution is -2.29. The third-order valence-electron chi connectivity index (χ3n) is 5.97. The number of rotatable bonds is 9. The number of methoxy groups -OCH3 is 1. The monoisotopic (exact) mass is 540 g/mol. The maximum absolute atomic E-state index is 12.8. The Morgan fingerprint density at radius 1 is 1.00 bits per heavy atom. The van der Waals surface area contributed by atoms with Gasteiger partial charge in [0.05, 0.1) is 24.3 Å². The second-order valence-corrected chi connectivity index (χ2v) is 9.42. The molecule has 1 heterocycles. The molecule has 0 fully saturated rings. The predicted molar refractivity (Wildman–Crippen MR) is 150 cm³/mol. The summed E-state index contributed by atoms with van der Waals surface area (Å²) in [4.78, 5) is 23.5. The van der Waals surface area contributed by atoms with E-state index in [-0.39, 0.29) is 12.2 Å². The summed E-state index contributed by atoms with van der Waals surface area (Å²) in [6, 6.07) is 27.0. The predicted octanol–water partition coefficient (Wildman–Crippen LogP) is 5.95. The average Bonchev–Trinajstić information content (AvgIpc) is 3.38. The number of hydrogen-bond acceptors (Lipinski definition) is 7. The molecule has 4 aromatic carbocycles. The summed E-state index contributed by atoms with van der Waals surface area (Å²) < 4.78 is 7.10. The molecule has 0 aliphatic rings. The zero-order valence-electron chi connectivity index (χ0n) is 20.9. The summed E-state index contributed by atoms with van der Waals surface area (Å²) in [5.41, 5.74) is 2.35. The third-order valence-corrected chi connectivity index (χ3v) is 6.97. The number of nitro benzene ring substituents is 1. The summed E-state index contributed by atoms with van der Waals surface area (Å²) in [5, 5.41) is 28.1. The summed E-state index contributed by atoms with van der Waals surface area (Å²) in [7, 11) is 1.62. The van der Waals surface area contributed by atoms with Crippen LogP contribution in [0.2, 0.25) is 0 Å². The van der Waals surface area contributed by atoms with Crippen molar-refractivity contribution < 1.29 is 14.5 Å². The smallest absolute Gasteiger partial charge is 0.319 e. The molecule has 0 saturated carbocycles. The highest BCUT2D eigenvalue weighted by Crippen LogP contribution is 2.28. The number of thioether (sulfide) groups is 1. The van der Waals surface area contributed by atoms with Crippen molar-refractivity contribution in [2.75, 3.05) is 12.4 Å². The van der Waals surface area contributed by atoms with Gasteiger partial charge in [-0.3, -0.25) is 14.7 Å². The zero-order chi connectivity index (χ0) is 27.2. The number of hydrogen-bond donors (Lipinski definition) is 2. The van der Waals surface area contributed by atoms with E-state index in [0.717, 1.165) is 22.1 Å². The molecule has 5 rings (SSSR count). The summed E-state index contributed by atoms with van der Waals surface area (Å²) >= 11 is 1.46. The highest BCUT2D eigenvalue weighted by atomic mass is 32.2. The van der Waals surface area contributed by atoms with Crippen molar-refractivity contribution in [3.8, 4) is 11.4 Å². The lowest BCUT2D eigenvalue weighted by molar-refractivity contribution is -0.384. The first kappa shape index (κ1) is 25.7. The topological polar surface area (TPSA) is 124 Å². The molecule has 0 spiro atoms. The van der Waals surface area contributed by atoms with Gasteiger partial charge in [0.2, 0.25) is 0 Å². The Bertz CT molecular complexity index is 1630. The van der Waals surface area contributed by atoms with Crippen LogP contribution in [0, 0.1) is 10.1 Å². The molecule has 0 atom stereocenters. The number of urea groups is 1. The minimum absolute atomic E-state index is 0.0217. The number of carbonyl (C=O) groups is 1. The van der Waals surface area contributed by atoms with Gasteiger partial charge in [-0.1, -0.05) is 60.3 Å². The van der Waals surface area contributed by atoms with E-state index in [1.54, 1.807) is 23.8 Å². The van der Waals surface area contributed by atoms with E-state index in [4.69, 9.17) is 4.74 Å². The first-order chi connectivity index (χ1) is 19.0. The van der Waals surface area contributed by atoms with Crippen LogP contribution in [0.1, 0.15) is 11.4 Å². The number of nitrogens with zero attached hydrogens (tertiary/aromatic N) is 4. The van der Waals surface area contributed by atoms with Crippen LogP contribution in [0.15, 0.2) is 96.2 Å². The van der Waals surface area contributed by atoms with Gasteiger partial charge in [0.1, 0.15) is 5.75 Å². The average molecular weight is 541 g/mol. The number of ether oxygens (including phenoxy) is 1. The fourth-order valence-corrected chi connectivity index (χ4v) is 4.98. The Morgan fingerprint density at radius 2 is 1.77 bits per heavy atom. The van der Waals surface area contributed by atoms with Crippen molar-refractivity contribution in [2.45, 2.75) is 17.5 Å². The first-order valence-corrected chi connectivity index (χ1v) is 13.0. The van der Waals surface area contributed by atoms with Crippen LogP contribution in [0.25, 0.3) is 16.5 Å². The molecule has 0 bridgehead atoms. The van der Waals surface area contributed by atoms with Gasteiger partial charge in [0.25, 0.3) is 5.69 Å². The number of benzene rings is 4. The maximum atomic E-state index is 12.8. The van der Waals surface area contributed by atoms with E-state index < -0.39 is 11.0 Å². The maximum Gasteiger partial charge on any atom is 0.319 e. The lowest BCUT2D eigenvalue weighted by Gasteiger charge is -2.12. The standard InChI is InChI=1S/C28H24N6O4S/c1-38-23-9-4-6-19(16-23)18-39-28-32-31-26(33(28)21-12-14-22(15-13-21)34(36)37)17-29-27(35)30-25-11-5-8-20-7-2-3-10-24(20)25/h2-16H,17-18H2,1H3,(H2,29,30,35). The fourth-order valence-electron chi connectivity index (χ4n) is 4.06. The Morgan fingerprint density at radius 3 is 2.56 bits per heavy atom. The second-order valence-electron chi connectivity index (χ2n) is 8.48. The molecule has 10 nitrogen and oxygen atoms in total. The number of anilines is 1. The summed E-state index contributed by atoms with van der Waals surface area (Å²) in [5.74, 6) is 1.83. The minimum atomic E-state index is -0.450. The zero-order valence-corrected chi connectivity index (χ0v) is 21.7.